The third-order valence-electron chi connectivity index (χ3n) is 2.37. The Bertz CT molecular complexity index is 558. The molecule has 94 valence electrons. The van der Waals surface area contributed by atoms with Gasteiger partial charge in [-0.3, -0.25) is 4.98 Å². The number of aromatic nitrogens is 1. The zero-order valence-electron chi connectivity index (χ0n) is 9.73. The molecule has 0 radical (unpaired) electrons. The summed E-state index contributed by atoms with van der Waals surface area (Å²) in [6, 6.07) is 7.54. The SMILES string of the molecule is CC(N)c1cc(Br)ccc1Oc1cncc(Br)c1. The average Bonchev–Trinajstić information content (AvgIpc) is 2.31. The molecule has 0 saturated heterocycles. The Hall–Kier alpha value is -0.910. The molecule has 2 N–H and O–H groups in total. The number of rotatable bonds is 3. The lowest BCUT2D eigenvalue weighted by Crippen LogP contribution is -2.06. The van der Waals surface area contributed by atoms with Crippen molar-refractivity contribution in [2.75, 3.05) is 0 Å². The van der Waals surface area contributed by atoms with Gasteiger partial charge in [-0.05, 0) is 47.1 Å². The minimum atomic E-state index is -0.0994. The van der Waals surface area contributed by atoms with Crippen molar-refractivity contribution in [3.8, 4) is 11.5 Å². The van der Waals surface area contributed by atoms with Crippen LogP contribution in [0.1, 0.15) is 18.5 Å². The first kappa shape index (κ1) is 13.5. The van der Waals surface area contributed by atoms with Crippen LogP contribution in [0.2, 0.25) is 0 Å². The summed E-state index contributed by atoms with van der Waals surface area (Å²) in [6.45, 7) is 1.92. The van der Waals surface area contributed by atoms with E-state index in [9.17, 15) is 0 Å². The van der Waals surface area contributed by atoms with Crippen LogP contribution in [0, 0.1) is 0 Å². The van der Waals surface area contributed by atoms with Gasteiger partial charge in [-0.15, -0.1) is 0 Å². The quantitative estimate of drug-likeness (QED) is 0.868. The summed E-state index contributed by atoms with van der Waals surface area (Å²) in [5.74, 6) is 1.42. The minimum Gasteiger partial charge on any atom is -0.455 e. The van der Waals surface area contributed by atoms with Crippen LogP contribution in [0.4, 0.5) is 0 Å². The number of hydrogen-bond donors (Lipinski definition) is 1. The molecule has 1 aromatic carbocycles. The zero-order valence-corrected chi connectivity index (χ0v) is 12.9. The van der Waals surface area contributed by atoms with E-state index in [0.717, 1.165) is 20.3 Å². The Morgan fingerprint density at radius 3 is 2.61 bits per heavy atom. The van der Waals surface area contributed by atoms with Crippen LogP contribution in [0.5, 0.6) is 11.5 Å². The highest BCUT2D eigenvalue weighted by molar-refractivity contribution is 9.10. The topological polar surface area (TPSA) is 48.1 Å². The molecule has 0 amide bonds. The van der Waals surface area contributed by atoms with Crippen LogP contribution >= 0.6 is 31.9 Å². The third kappa shape index (κ3) is 3.31. The van der Waals surface area contributed by atoms with Gasteiger partial charge >= 0.3 is 0 Å². The van der Waals surface area contributed by atoms with Crippen LogP contribution in [-0.4, -0.2) is 4.98 Å². The highest BCUT2D eigenvalue weighted by Gasteiger charge is 2.10. The summed E-state index contributed by atoms with van der Waals surface area (Å²) in [4.78, 5) is 4.06. The van der Waals surface area contributed by atoms with Crippen molar-refractivity contribution in [1.29, 1.82) is 0 Å². The predicted octanol–water partition coefficient (Wildman–Crippen LogP) is 4.42. The molecular formula is C13H12Br2N2O. The van der Waals surface area contributed by atoms with Crippen LogP contribution in [0.15, 0.2) is 45.6 Å². The van der Waals surface area contributed by atoms with E-state index in [1.807, 2.05) is 31.2 Å². The van der Waals surface area contributed by atoms with E-state index in [4.69, 9.17) is 10.5 Å². The van der Waals surface area contributed by atoms with E-state index >= 15 is 0 Å². The molecule has 0 spiro atoms. The zero-order chi connectivity index (χ0) is 13.1. The van der Waals surface area contributed by atoms with E-state index in [0.29, 0.717) is 5.75 Å². The molecule has 2 rings (SSSR count). The molecule has 0 fully saturated rings. The van der Waals surface area contributed by atoms with Gasteiger partial charge in [-0.25, -0.2) is 0 Å². The molecule has 1 atom stereocenters. The Kier molecular flexibility index (Phi) is 4.37. The summed E-state index contributed by atoms with van der Waals surface area (Å²) in [5, 5.41) is 0. The lowest BCUT2D eigenvalue weighted by Gasteiger charge is -2.14. The van der Waals surface area contributed by atoms with Crippen LogP contribution in [0.25, 0.3) is 0 Å². The largest absolute Gasteiger partial charge is 0.455 e. The van der Waals surface area contributed by atoms with E-state index in [1.54, 1.807) is 12.4 Å². The van der Waals surface area contributed by atoms with E-state index in [1.165, 1.54) is 0 Å². The van der Waals surface area contributed by atoms with Crippen molar-refractivity contribution in [3.05, 3.63) is 51.2 Å². The fourth-order valence-corrected chi connectivity index (χ4v) is 2.27. The highest BCUT2D eigenvalue weighted by atomic mass is 79.9. The lowest BCUT2D eigenvalue weighted by atomic mass is 10.1. The van der Waals surface area contributed by atoms with Gasteiger partial charge in [0.15, 0.2) is 0 Å². The Balaban J connectivity index is 2.34. The molecule has 1 heterocycles. The van der Waals surface area contributed by atoms with Gasteiger partial charge in [0.25, 0.3) is 0 Å². The molecule has 0 aliphatic heterocycles. The van der Waals surface area contributed by atoms with E-state index in [2.05, 4.69) is 36.8 Å². The number of nitrogens with two attached hydrogens (primary N) is 1. The van der Waals surface area contributed by atoms with Crippen LogP contribution in [-0.2, 0) is 0 Å². The molecule has 5 heteroatoms. The van der Waals surface area contributed by atoms with Gasteiger partial charge in [0, 0.05) is 26.7 Å². The molecule has 3 nitrogen and oxygen atoms in total. The maximum Gasteiger partial charge on any atom is 0.146 e. The van der Waals surface area contributed by atoms with E-state index < -0.39 is 0 Å². The summed E-state index contributed by atoms with van der Waals surface area (Å²) in [7, 11) is 0. The Morgan fingerprint density at radius 2 is 1.94 bits per heavy atom. The first-order valence-electron chi connectivity index (χ1n) is 5.39. The molecule has 0 aliphatic carbocycles. The second kappa shape index (κ2) is 5.82. The van der Waals surface area contributed by atoms with Crippen molar-refractivity contribution in [3.63, 3.8) is 0 Å². The molecular weight excluding hydrogens is 360 g/mol. The van der Waals surface area contributed by atoms with Crippen LogP contribution in [0.3, 0.4) is 0 Å². The number of benzene rings is 1. The van der Waals surface area contributed by atoms with Crippen molar-refractivity contribution < 1.29 is 4.74 Å². The molecule has 1 aromatic heterocycles. The van der Waals surface area contributed by atoms with Gasteiger partial charge in [0.2, 0.25) is 0 Å². The summed E-state index contributed by atoms with van der Waals surface area (Å²) in [5.41, 5.74) is 6.89. The molecule has 0 aliphatic rings. The number of ether oxygens (including phenoxy) is 1. The van der Waals surface area contributed by atoms with Gasteiger partial charge < -0.3 is 10.5 Å². The summed E-state index contributed by atoms with van der Waals surface area (Å²) < 4.78 is 7.67. The Morgan fingerprint density at radius 1 is 1.17 bits per heavy atom. The molecule has 0 bridgehead atoms. The van der Waals surface area contributed by atoms with E-state index in [-0.39, 0.29) is 6.04 Å². The van der Waals surface area contributed by atoms with Crippen molar-refractivity contribution in [2.24, 2.45) is 5.73 Å². The smallest absolute Gasteiger partial charge is 0.146 e. The van der Waals surface area contributed by atoms with Crippen molar-refractivity contribution >= 4 is 31.9 Å². The normalized spacial score (nSPS) is 12.2. The molecule has 0 saturated carbocycles. The summed E-state index contributed by atoms with van der Waals surface area (Å²) in [6.07, 6.45) is 3.37. The van der Waals surface area contributed by atoms with Gasteiger partial charge in [-0.1, -0.05) is 15.9 Å². The first-order valence-corrected chi connectivity index (χ1v) is 6.98. The number of nitrogens with zero attached hydrogens (tertiary/aromatic N) is 1. The van der Waals surface area contributed by atoms with Crippen molar-refractivity contribution in [1.82, 2.24) is 4.98 Å². The second-order valence-electron chi connectivity index (χ2n) is 3.91. The molecule has 2 aromatic rings. The number of hydrogen-bond acceptors (Lipinski definition) is 3. The van der Waals surface area contributed by atoms with Gasteiger partial charge in [0.1, 0.15) is 11.5 Å². The monoisotopic (exact) mass is 370 g/mol. The first-order chi connectivity index (χ1) is 8.56. The molecule has 1 unspecified atom stereocenters. The average molecular weight is 372 g/mol. The number of halogens is 2. The van der Waals surface area contributed by atoms with Crippen molar-refractivity contribution in [2.45, 2.75) is 13.0 Å². The third-order valence-corrected chi connectivity index (χ3v) is 3.30. The maximum atomic E-state index is 5.94. The second-order valence-corrected chi connectivity index (χ2v) is 5.74. The fraction of sp³-hybridized carbons (Fsp3) is 0.154. The minimum absolute atomic E-state index is 0.0994. The van der Waals surface area contributed by atoms with Gasteiger partial charge in [0.05, 0.1) is 6.20 Å². The number of pyridine rings is 1. The van der Waals surface area contributed by atoms with Gasteiger partial charge in [-0.2, -0.15) is 0 Å². The standard InChI is InChI=1S/C13H12Br2N2O/c1-8(16)12-5-9(14)2-3-13(12)18-11-4-10(15)6-17-7-11/h2-8H,16H2,1H3. The predicted molar refractivity (Wildman–Crippen MR) is 78.8 cm³/mol. The summed E-state index contributed by atoms with van der Waals surface area (Å²) >= 11 is 6.79. The maximum absolute atomic E-state index is 5.94. The lowest BCUT2D eigenvalue weighted by molar-refractivity contribution is 0.469. The highest BCUT2D eigenvalue weighted by Crippen LogP contribution is 2.31. The Labute approximate surface area is 123 Å². The fourth-order valence-electron chi connectivity index (χ4n) is 1.54. The molecule has 18 heavy (non-hydrogen) atoms. The van der Waals surface area contributed by atoms with Crippen LogP contribution < -0.4 is 10.5 Å².